The van der Waals surface area contributed by atoms with Gasteiger partial charge < -0.3 is 54.2 Å². The molecule has 14 N–H and O–H groups in total. The maximum Gasteiger partial charge on any atom is 0.328 e. The lowest BCUT2D eigenvalue weighted by atomic mass is 10.1. The molecule has 0 bridgehead atoms. The molecule has 17 heteroatoms. The molecule has 0 aliphatic carbocycles. The molecule has 0 fully saturated rings. The molecule has 4 amide bonds. The van der Waals surface area contributed by atoms with Crippen molar-refractivity contribution in [2.24, 2.45) is 27.9 Å². The van der Waals surface area contributed by atoms with Crippen LogP contribution >= 0.6 is 0 Å². The molecule has 4 unspecified atom stereocenters. The van der Waals surface area contributed by atoms with Crippen molar-refractivity contribution in [2.75, 3.05) is 13.2 Å². The number of aliphatic carboxylic acids is 2. The SMILES string of the molecule is NC(=O)CCC(N)C(=O)NC(CCCN=C(N)N)C(=O)NC(CCC(=O)O)C(=O)NC(CO)C(=O)O. The first-order valence-corrected chi connectivity index (χ1v) is 10.8. The fraction of sp³-hybridized carbons (Fsp3) is 0.632. The summed E-state index contributed by atoms with van der Waals surface area (Å²) in [4.78, 5) is 74.6. The summed E-state index contributed by atoms with van der Waals surface area (Å²) in [6, 6.07) is -5.67. The van der Waals surface area contributed by atoms with Crippen LogP contribution in [-0.2, 0) is 28.8 Å². The van der Waals surface area contributed by atoms with Crippen LogP contribution in [0.4, 0.5) is 0 Å². The highest BCUT2D eigenvalue weighted by atomic mass is 16.4. The van der Waals surface area contributed by atoms with Crippen LogP contribution in [-0.4, -0.2) is 94.2 Å². The van der Waals surface area contributed by atoms with E-state index in [1.807, 2.05) is 5.32 Å². The number of nitrogens with zero attached hydrogens (tertiary/aromatic N) is 1. The van der Waals surface area contributed by atoms with Gasteiger partial charge in [-0.05, 0) is 25.7 Å². The van der Waals surface area contributed by atoms with Gasteiger partial charge in [-0.2, -0.15) is 0 Å². The lowest BCUT2D eigenvalue weighted by Crippen LogP contribution is -2.57. The van der Waals surface area contributed by atoms with Crippen molar-refractivity contribution < 1.29 is 44.1 Å². The van der Waals surface area contributed by atoms with Gasteiger partial charge >= 0.3 is 11.9 Å². The van der Waals surface area contributed by atoms with Crippen LogP contribution in [0.5, 0.6) is 0 Å². The van der Waals surface area contributed by atoms with Crippen molar-refractivity contribution in [1.82, 2.24) is 16.0 Å². The van der Waals surface area contributed by atoms with Gasteiger partial charge in [0.25, 0.3) is 0 Å². The molecule has 0 heterocycles. The lowest BCUT2D eigenvalue weighted by Gasteiger charge is -2.24. The first-order valence-electron chi connectivity index (χ1n) is 10.8. The van der Waals surface area contributed by atoms with E-state index in [0.717, 1.165) is 0 Å². The van der Waals surface area contributed by atoms with Gasteiger partial charge in [-0.3, -0.25) is 29.0 Å². The number of aliphatic imine (C=N–C) groups is 1. The number of guanidine groups is 1. The molecule has 0 saturated carbocycles. The Morgan fingerprint density at radius 2 is 1.28 bits per heavy atom. The number of aliphatic hydroxyl groups is 1. The van der Waals surface area contributed by atoms with Crippen LogP contribution in [0, 0.1) is 0 Å². The average Bonchev–Trinajstić information content (AvgIpc) is 2.79. The molecular weight excluding hydrogens is 484 g/mol. The molecule has 0 aromatic rings. The second kappa shape index (κ2) is 16.6. The number of primary amides is 1. The third kappa shape index (κ3) is 13.7. The van der Waals surface area contributed by atoms with Crippen molar-refractivity contribution >= 4 is 41.5 Å². The zero-order chi connectivity index (χ0) is 27.8. The van der Waals surface area contributed by atoms with Gasteiger partial charge in [0.2, 0.25) is 23.6 Å². The Bertz CT molecular complexity index is 832. The number of hydrogen-bond acceptors (Lipinski definition) is 9. The predicted octanol–water partition coefficient (Wildman–Crippen LogP) is -4.97. The lowest BCUT2D eigenvalue weighted by molar-refractivity contribution is -0.144. The number of amides is 4. The second-order valence-corrected chi connectivity index (χ2v) is 7.70. The Balaban J connectivity index is 5.59. The average molecular weight is 519 g/mol. The number of carboxylic acid groups (broad SMARTS) is 2. The fourth-order valence-corrected chi connectivity index (χ4v) is 2.75. The first-order chi connectivity index (χ1) is 16.8. The molecule has 204 valence electrons. The Labute approximate surface area is 206 Å². The number of nitrogens with one attached hydrogen (secondary N) is 3. The van der Waals surface area contributed by atoms with E-state index >= 15 is 0 Å². The van der Waals surface area contributed by atoms with E-state index in [1.165, 1.54) is 0 Å². The second-order valence-electron chi connectivity index (χ2n) is 7.70. The normalized spacial score (nSPS) is 13.8. The summed E-state index contributed by atoms with van der Waals surface area (Å²) >= 11 is 0. The van der Waals surface area contributed by atoms with E-state index in [1.54, 1.807) is 0 Å². The van der Waals surface area contributed by atoms with E-state index in [-0.39, 0.29) is 38.2 Å². The summed E-state index contributed by atoms with van der Waals surface area (Å²) in [6.45, 7) is -0.858. The van der Waals surface area contributed by atoms with Gasteiger partial charge in [-0.1, -0.05) is 0 Å². The molecule has 0 radical (unpaired) electrons. The Hall–Kier alpha value is -3.99. The molecule has 0 aromatic heterocycles. The number of nitrogens with two attached hydrogens (primary N) is 4. The van der Waals surface area contributed by atoms with Crippen LogP contribution in [0.2, 0.25) is 0 Å². The van der Waals surface area contributed by atoms with Crippen LogP contribution in [0.25, 0.3) is 0 Å². The zero-order valence-electron chi connectivity index (χ0n) is 19.5. The first kappa shape index (κ1) is 32.0. The van der Waals surface area contributed by atoms with E-state index in [0.29, 0.717) is 0 Å². The Morgan fingerprint density at radius 1 is 0.750 bits per heavy atom. The maximum atomic E-state index is 12.9. The third-order valence-corrected chi connectivity index (χ3v) is 4.69. The summed E-state index contributed by atoms with van der Waals surface area (Å²) in [5, 5.41) is 33.7. The van der Waals surface area contributed by atoms with Gasteiger partial charge in [-0.25, -0.2) is 4.79 Å². The molecule has 4 atom stereocenters. The van der Waals surface area contributed by atoms with Gasteiger partial charge in [0.15, 0.2) is 5.96 Å². The number of hydrogen-bond donors (Lipinski definition) is 10. The highest BCUT2D eigenvalue weighted by Crippen LogP contribution is 2.05. The number of carbonyl (C=O) groups excluding carboxylic acids is 4. The number of aliphatic hydroxyl groups excluding tert-OH is 1. The van der Waals surface area contributed by atoms with Crippen molar-refractivity contribution in [3.63, 3.8) is 0 Å². The van der Waals surface area contributed by atoms with Crippen molar-refractivity contribution in [2.45, 2.75) is 62.7 Å². The van der Waals surface area contributed by atoms with Crippen molar-refractivity contribution in [3.8, 4) is 0 Å². The minimum absolute atomic E-state index is 0.0292. The monoisotopic (exact) mass is 518 g/mol. The molecule has 0 aliphatic heterocycles. The van der Waals surface area contributed by atoms with Crippen LogP contribution in [0.15, 0.2) is 4.99 Å². The van der Waals surface area contributed by atoms with E-state index in [4.69, 9.17) is 38.3 Å². The number of rotatable bonds is 18. The molecular formula is C19H34N8O9. The quantitative estimate of drug-likeness (QED) is 0.0463. The molecule has 0 saturated heterocycles. The summed E-state index contributed by atoms with van der Waals surface area (Å²) in [6.07, 6.45) is -1.08. The number of carbonyl (C=O) groups is 6. The summed E-state index contributed by atoms with van der Waals surface area (Å²) in [5.41, 5.74) is 21.3. The highest BCUT2D eigenvalue weighted by Gasteiger charge is 2.30. The van der Waals surface area contributed by atoms with Gasteiger partial charge in [-0.15, -0.1) is 0 Å². The summed E-state index contributed by atoms with van der Waals surface area (Å²) in [5.74, 6) is -6.48. The smallest absolute Gasteiger partial charge is 0.328 e. The molecule has 0 aliphatic rings. The van der Waals surface area contributed by atoms with E-state index < -0.39 is 79.2 Å². The van der Waals surface area contributed by atoms with E-state index in [9.17, 15) is 28.8 Å². The standard InChI is InChI=1S/C19H34N8O9/c20-9(3-5-13(21)29)15(32)25-10(2-1-7-24-19(22)23)16(33)26-11(4-6-14(30)31)17(34)27-12(8-28)18(35)36/h9-12,28H,1-8,20H2,(H2,21,29)(H,25,32)(H,26,33)(H,27,34)(H,30,31)(H,35,36)(H4,22,23,24). The van der Waals surface area contributed by atoms with Crippen LogP contribution in [0.1, 0.15) is 38.5 Å². The topological polar surface area (TPSA) is 316 Å². The minimum Gasteiger partial charge on any atom is -0.481 e. The predicted molar refractivity (Wildman–Crippen MR) is 124 cm³/mol. The van der Waals surface area contributed by atoms with E-state index in [2.05, 4.69) is 15.6 Å². The highest BCUT2D eigenvalue weighted by molar-refractivity contribution is 5.94. The van der Waals surface area contributed by atoms with Gasteiger partial charge in [0.05, 0.1) is 12.6 Å². The molecule has 0 aromatic carbocycles. The van der Waals surface area contributed by atoms with Gasteiger partial charge in [0, 0.05) is 19.4 Å². The van der Waals surface area contributed by atoms with Crippen molar-refractivity contribution in [1.29, 1.82) is 0 Å². The fourth-order valence-electron chi connectivity index (χ4n) is 2.75. The summed E-state index contributed by atoms with van der Waals surface area (Å²) in [7, 11) is 0. The van der Waals surface area contributed by atoms with Gasteiger partial charge in [0.1, 0.15) is 18.1 Å². The molecule has 17 nitrogen and oxygen atoms in total. The van der Waals surface area contributed by atoms with Crippen molar-refractivity contribution in [3.05, 3.63) is 0 Å². The maximum absolute atomic E-state index is 12.9. The number of carboxylic acids is 2. The Kier molecular flexibility index (Phi) is 14.8. The van der Waals surface area contributed by atoms with Crippen LogP contribution < -0.4 is 38.9 Å². The zero-order valence-corrected chi connectivity index (χ0v) is 19.5. The third-order valence-electron chi connectivity index (χ3n) is 4.69. The molecule has 36 heavy (non-hydrogen) atoms. The summed E-state index contributed by atoms with van der Waals surface area (Å²) < 4.78 is 0. The Morgan fingerprint density at radius 3 is 1.75 bits per heavy atom. The minimum atomic E-state index is -1.69. The largest absolute Gasteiger partial charge is 0.481 e. The molecule has 0 rings (SSSR count). The van der Waals surface area contributed by atoms with Crippen LogP contribution in [0.3, 0.4) is 0 Å². The molecule has 0 spiro atoms.